The number of nitrogen functional groups attached to an aromatic ring is 1. The Morgan fingerprint density at radius 2 is 2.05 bits per heavy atom. The van der Waals surface area contributed by atoms with E-state index in [-0.39, 0.29) is 23.2 Å². The second-order valence-corrected chi connectivity index (χ2v) is 6.88. The molecule has 1 rings (SSSR count). The molecule has 0 aliphatic carbocycles. The Balaban J connectivity index is 2.79. The van der Waals surface area contributed by atoms with Gasteiger partial charge in [0.2, 0.25) is 15.9 Å². The first kappa shape index (κ1) is 15.9. The molecule has 0 radical (unpaired) electrons. The van der Waals surface area contributed by atoms with Gasteiger partial charge in [0, 0.05) is 10.5 Å². The van der Waals surface area contributed by atoms with Crippen molar-refractivity contribution in [3.63, 3.8) is 0 Å². The number of sulfonamides is 1. The number of rotatable bonds is 5. The van der Waals surface area contributed by atoms with E-state index in [1.165, 1.54) is 12.1 Å². The number of benzene rings is 1. The Kier molecular flexibility index (Phi) is 5.33. The molecule has 0 aliphatic heterocycles. The third-order valence-electron chi connectivity index (χ3n) is 2.13. The molecule has 1 aromatic rings. The van der Waals surface area contributed by atoms with Gasteiger partial charge in [-0.25, -0.2) is 13.1 Å². The summed E-state index contributed by atoms with van der Waals surface area (Å²) in [5.74, 6) is -0.394. The van der Waals surface area contributed by atoms with Gasteiger partial charge in [-0.15, -0.1) is 0 Å². The van der Waals surface area contributed by atoms with Crippen molar-refractivity contribution in [1.82, 2.24) is 10.0 Å². The molecule has 0 aliphatic rings. The van der Waals surface area contributed by atoms with Crippen LogP contribution in [0.5, 0.6) is 0 Å². The van der Waals surface area contributed by atoms with Crippen molar-refractivity contribution in [2.24, 2.45) is 0 Å². The van der Waals surface area contributed by atoms with Crippen molar-refractivity contribution < 1.29 is 13.2 Å². The van der Waals surface area contributed by atoms with Gasteiger partial charge >= 0.3 is 0 Å². The summed E-state index contributed by atoms with van der Waals surface area (Å²) in [5.41, 5.74) is 5.76. The number of amides is 1. The molecule has 106 valence electrons. The molecule has 0 saturated heterocycles. The lowest BCUT2D eigenvalue weighted by atomic mass is 10.3. The number of nitrogens with one attached hydrogen (secondary N) is 2. The molecule has 0 spiro atoms. The highest BCUT2D eigenvalue weighted by molar-refractivity contribution is 9.10. The van der Waals surface area contributed by atoms with E-state index in [1.54, 1.807) is 19.9 Å². The third-order valence-corrected chi connectivity index (χ3v) is 4.10. The van der Waals surface area contributed by atoms with Crippen molar-refractivity contribution in [1.29, 1.82) is 0 Å². The lowest BCUT2D eigenvalue weighted by Crippen LogP contribution is -2.39. The van der Waals surface area contributed by atoms with Gasteiger partial charge in [-0.2, -0.15) is 0 Å². The molecule has 0 fully saturated rings. The van der Waals surface area contributed by atoms with Crippen molar-refractivity contribution in [2.45, 2.75) is 24.8 Å². The first-order chi connectivity index (χ1) is 8.72. The molecule has 0 atom stereocenters. The van der Waals surface area contributed by atoms with Crippen LogP contribution in [0.4, 0.5) is 5.69 Å². The van der Waals surface area contributed by atoms with E-state index in [9.17, 15) is 13.2 Å². The van der Waals surface area contributed by atoms with E-state index in [0.717, 1.165) is 0 Å². The second kappa shape index (κ2) is 6.36. The number of anilines is 1. The summed E-state index contributed by atoms with van der Waals surface area (Å²) in [4.78, 5) is 11.3. The minimum Gasteiger partial charge on any atom is -0.398 e. The van der Waals surface area contributed by atoms with Gasteiger partial charge < -0.3 is 11.1 Å². The first-order valence-electron chi connectivity index (χ1n) is 5.56. The summed E-state index contributed by atoms with van der Waals surface area (Å²) in [6.07, 6.45) is 0. The molecule has 0 aromatic heterocycles. The first-order valence-corrected chi connectivity index (χ1v) is 7.84. The number of halogens is 1. The summed E-state index contributed by atoms with van der Waals surface area (Å²) in [7, 11) is -3.80. The smallest absolute Gasteiger partial charge is 0.243 e. The minimum atomic E-state index is -3.80. The molecular weight excluding hydrogens is 334 g/mol. The molecule has 0 saturated carbocycles. The molecule has 1 amide bonds. The molecule has 1 aromatic carbocycles. The molecule has 6 nitrogen and oxygen atoms in total. The second-order valence-electron chi connectivity index (χ2n) is 4.23. The predicted octanol–water partition coefficient (Wildman–Crippen LogP) is 0.834. The van der Waals surface area contributed by atoms with E-state index in [0.29, 0.717) is 4.47 Å². The van der Waals surface area contributed by atoms with Gasteiger partial charge in [-0.05, 0) is 32.0 Å². The molecule has 0 heterocycles. The Morgan fingerprint density at radius 1 is 1.42 bits per heavy atom. The monoisotopic (exact) mass is 349 g/mol. The van der Waals surface area contributed by atoms with Gasteiger partial charge in [0.25, 0.3) is 0 Å². The summed E-state index contributed by atoms with van der Waals surface area (Å²) < 4.78 is 26.8. The maximum atomic E-state index is 12.0. The van der Waals surface area contributed by atoms with Crippen molar-refractivity contribution >= 4 is 37.5 Å². The van der Waals surface area contributed by atoms with Crippen LogP contribution in [-0.4, -0.2) is 26.9 Å². The maximum Gasteiger partial charge on any atom is 0.243 e. The fraction of sp³-hybridized carbons (Fsp3) is 0.364. The standard InChI is InChI=1S/C11H16BrN3O3S/c1-7(2)15-11(16)6-14-19(17,18)10-4-3-8(12)5-9(10)13/h3-5,7,14H,6,13H2,1-2H3,(H,15,16). The van der Waals surface area contributed by atoms with E-state index in [1.807, 2.05) is 0 Å². The van der Waals surface area contributed by atoms with Gasteiger partial charge in [0.05, 0.1) is 12.2 Å². The van der Waals surface area contributed by atoms with Gasteiger partial charge in [0.1, 0.15) is 4.90 Å². The average Bonchev–Trinajstić information content (AvgIpc) is 2.25. The van der Waals surface area contributed by atoms with E-state index in [4.69, 9.17) is 5.73 Å². The fourth-order valence-electron chi connectivity index (χ4n) is 1.38. The number of nitrogens with two attached hydrogens (primary N) is 1. The molecule has 8 heteroatoms. The number of carbonyl (C=O) groups is 1. The van der Waals surface area contributed by atoms with Crippen LogP contribution in [0.15, 0.2) is 27.6 Å². The molecule has 0 bridgehead atoms. The molecule has 19 heavy (non-hydrogen) atoms. The van der Waals surface area contributed by atoms with Gasteiger partial charge in [-0.3, -0.25) is 4.79 Å². The summed E-state index contributed by atoms with van der Waals surface area (Å²) in [5, 5.41) is 2.59. The van der Waals surface area contributed by atoms with Crippen LogP contribution < -0.4 is 15.8 Å². The van der Waals surface area contributed by atoms with Crippen LogP contribution >= 0.6 is 15.9 Å². The Hall–Kier alpha value is -1.12. The van der Waals surface area contributed by atoms with E-state index >= 15 is 0 Å². The Bertz CT molecular complexity index is 573. The molecular formula is C11H16BrN3O3S. The zero-order chi connectivity index (χ0) is 14.6. The Labute approximate surface area is 120 Å². The zero-order valence-electron chi connectivity index (χ0n) is 10.6. The predicted molar refractivity (Wildman–Crippen MR) is 77.0 cm³/mol. The summed E-state index contributed by atoms with van der Waals surface area (Å²) in [6.45, 7) is 3.26. The minimum absolute atomic E-state index is 0.0465. The average molecular weight is 350 g/mol. The van der Waals surface area contributed by atoms with E-state index in [2.05, 4.69) is 26.0 Å². The zero-order valence-corrected chi connectivity index (χ0v) is 13.0. The lowest BCUT2D eigenvalue weighted by Gasteiger charge is -2.11. The third kappa shape index (κ3) is 4.81. The highest BCUT2D eigenvalue weighted by atomic mass is 79.9. The van der Waals surface area contributed by atoms with Crippen LogP contribution in [0, 0.1) is 0 Å². The van der Waals surface area contributed by atoms with Crippen LogP contribution in [0.1, 0.15) is 13.8 Å². The number of hydrogen-bond donors (Lipinski definition) is 3. The van der Waals surface area contributed by atoms with Gasteiger partial charge in [0.15, 0.2) is 0 Å². The largest absolute Gasteiger partial charge is 0.398 e. The van der Waals surface area contributed by atoms with Crippen LogP contribution in [0.2, 0.25) is 0 Å². The maximum absolute atomic E-state index is 12.0. The number of hydrogen-bond acceptors (Lipinski definition) is 4. The fourth-order valence-corrected chi connectivity index (χ4v) is 2.85. The van der Waals surface area contributed by atoms with Gasteiger partial charge in [-0.1, -0.05) is 15.9 Å². The van der Waals surface area contributed by atoms with Crippen LogP contribution in [0.3, 0.4) is 0 Å². The Morgan fingerprint density at radius 3 is 2.58 bits per heavy atom. The summed E-state index contributed by atoms with van der Waals surface area (Å²) in [6, 6.07) is 4.39. The molecule has 4 N–H and O–H groups in total. The van der Waals surface area contributed by atoms with E-state index < -0.39 is 15.9 Å². The number of carbonyl (C=O) groups excluding carboxylic acids is 1. The normalized spacial score (nSPS) is 11.6. The van der Waals surface area contributed by atoms with Crippen molar-refractivity contribution in [3.8, 4) is 0 Å². The van der Waals surface area contributed by atoms with Crippen molar-refractivity contribution in [2.75, 3.05) is 12.3 Å². The van der Waals surface area contributed by atoms with Crippen LogP contribution in [-0.2, 0) is 14.8 Å². The summed E-state index contributed by atoms with van der Waals surface area (Å²) >= 11 is 3.19. The quantitative estimate of drug-likeness (QED) is 0.685. The lowest BCUT2D eigenvalue weighted by molar-refractivity contribution is -0.120. The highest BCUT2D eigenvalue weighted by Gasteiger charge is 2.18. The highest BCUT2D eigenvalue weighted by Crippen LogP contribution is 2.22. The SMILES string of the molecule is CC(C)NC(=O)CNS(=O)(=O)c1ccc(Br)cc1N. The molecule has 0 unspecified atom stereocenters. The topological polar surface area (TPSA) is 101 Å². The van der Waals surface area contributed by atoms with Crippen LogP contribution in [0.25, 0.3) is 0 Å². The van der Waals surface area contributed by atoms with Crippen molar-refractivity contribution in [3.05, 3.63) is 22.7 Å².